The fraction of sp³-hybridized carbons (Fsp3) is 0.270. The van der Waals surface area contributed by atoms with E-state index >= 15 is 0 Å². The van der Waals surface area contributed by atoms with Crippen molar-refractivity contribution in [3.63, 3.8) is 0 Å². The van der Waals surface area contributed by atoms with Gasteiger partial charge in [0.15, 0.2) is 5.82 Å². The molecule has 0 spiro atoms. The number of imidazole rings is 1. The summed E-state index contributed by atoms with van der Waals surface area (Å²) in [5, 5.41) is 0. The van der Waals surface area contributed by atoms with Crippen LogP contribution in [0.15, 0.2) is 121 Å². The van der Waals surface area contributed by atoms with Gasteiger partial charge in [-0.3, -0.25) is 0 Å². The summed E-state index contributed by atoms with van der Waals surface area (Å²) in [6, 6.07) is 41.4. The van der Waals surface area contributed by atoms with Gasteiger partial charge in [0.25, 0.3) is 0 Å². The standard InChI is InChI=1S/C37H38N2O4/c1-37(26-41-23-22-40-25-30-16-8-3-9-17-30)27-42-36(43-28-37)35-38-33(31-18-10-4-11-19-31)34(32-20-12-5-13-21-32)39(35)24-29-14-6-2-7-15-29/h2-21,36H,22-28H2,1H3. The van der Waals surface area contributed by atoms with E-state index in [1.165, 1.54) is 5.56 Å². The second kappa shape index (κ2) is 13.9. The molecule has 43 heavy (non-hydrogen) atoms. The summed E-state index contributed by atoms with van der Waals surface area (Å²) in [7, 11) is 0. The molecule has 0 aliphatic carbocycles. The van der Waals surface area contributed by atoms with Gasteiger partial charge in [-0.25, -0.2) is 4.98 Å². The molecule has 220 valence electrons. The number of nitrogens with zero attached hydrogens (tertiary/aromatic N) is 2. The number of ether oxygens (including phenoxy) is 4. The number of hydrogen-bond donors (Lipinski definition) is 0. The monoisotopic (exact) mass is 574 g/mol. The molecular weight excluding hydrogens is 536 g/mol. The average Bonchev–Trinajstić information content (AvgIpc) is 3.43. The molecule has 1 aliphatic heterocycles. The van der Waals surface area contributed by atoms with E-state index in [1.807, 2.05) is 48.5 Å². The summed E-state index contributed by atoms with van der Waals surface area (Å²) in [5.41, 5.74) is 6.18. The molecule has 5 aromatic rings. The van der Waals surface area contributed by atoms with E-state index in [1.54, 1.807) is 0 Å². The lowest BCUT2D eigenvalue weighted by atomic mass is 9.93. The predicted octanol–water partition coefficient (Wildman–Crippen LogP) is 7.55. The van der Waals surface area contributed by atoms with E-state index in [-0.39, 0.29) is 5.41 Å². The fourth-order valence-corrected chi connectivity index (χ4v) is 5.34. The van der Waals surface area contributed by atoms with Gasteiger partial charge in [0.1, 0.15) is 0 Å². The van der Waals surface area contributed by atoms with Crippen molar-refractivity contribution in [2.75, 3.05) is 33.0 Å². The van der Waals surface area contributed by atoms with Gasteiger partial charge < -0.3 is 23.5 Å². The van der Waals surface area contributed by atoms with Crippen LogP contribution >= 0.6 is 0 Å². The Morgan fingerprint density at radius 3 is 1.86 bits per heavy atom. The van der Waals surface area contributed by atoms with Gasteiger partial charge in [-0.1, -0.05) is 128 Å². The van der Waals surface area contributed by atoms with Crippen molar-refractivity contribution < 1.29 is 18.9 Å². The van der Waals surface area contributed by atoms with Crippen LogP contribution in [-0.4, -0.2) is 42.6 Å². The molecule has 6 rings (SSSR count). The van der Waals surface area contributed by atoms with Crippen molar-refractivity contribution in [2.24, 2.45) is 5.41 Å². The van der Waals surface area contributed by atoms with Crippen molar-refractivity contribution in [1.82, 2.24) is 9.55 Å². The van der Waals surface area contributed by atoms with Crippen LogP contribution in [0.25, 0.3) is 22.5 Å². The maximum absolute atomic E-state index is 6.42. The van der Waals surface area contributed by atoms with Crippen LogP contribution in [-0.2, 0) is 32.1 Å². The average molecular weight is 575 g/mol. The van der Waals surface area contributed by atoms with Crippen molar-refractivity contribution in [3.8, 4) is 22.5 Å². The molecule has 4 aromatic carbocycles. The molecule has 1 aliphatic rings. The molecule has 1 fully saturated rings. The first-order valence-corrected chi connectivity index (χ1v) is 14.9. The summed E-state index contributed by atoms with van der Waals surface area (Å²) in [4.78, 5) is 5.21. The van der Waals surface area contributed by atoms with E-state index in [0.29, 0.717) is 46.2 Å². The number of aromatic nitrogens is 2. The molecular formula is C37H38N2O4. The van der Waals surface area contributed by atoms with Crippen LogP contribution in [0, 0.1) is 5.41 Å². The van der Waals surface area contributed by atoms with E-state index in [9.17, 15) is 0 Å². The SMILES string of the molecule is CC1(COCCOCc2ccccc2)COC(c2nc(-c3ccccc3)c(-c3ccccc3)n2Cc2ccccc2)OC1. The maximum Gasteiger partial charge on any atom is 0.217 e. The normalized spacial score (nSPS) is 18.5. The van der Waals surface area contributed by atoms with Crippen LogP contribution in [0.3, 0.4) is 0 Å². The highest BCUT2D eigenvalue weighted by Gasteiger charge is 2.37. The van der Waals surface area contributed by atoms with Crippen LogP contribution in [0.1, 0.15) is 30.2 Å². The second-order valence-corrected chi connectivity index (χ2v) is 11.3. The van der Waals surface area contributed by atoms with Crippen molar-refractivity contribution in [1.29, 1.82) is 0 Å². The Labute approximate surface area is 253 Å². The number of hydrogen-bond acceptors (Lipinski definition) is 5. The zero-order chi connectivity index (χ0) is 29.3. The van der Waals surface area contributed by atoms with Gasteiger partial charge in [-0.2, -0.15) is 0 Å². The summed E-state index contributed by atoms with van der Waals surface area (Å²) >= 11 is 0. The summed E-state index contributed by atoms with van der Waals surface area (Å²) < 4.78 is 26.8. The third-order valence-electron chi connectivity index (χ3n) is 7.59. The van der Waals surface area contributed by atoms with E-state index in [2.05, 4.69) is 84.3 Å². The topological polar surface area (TPSA) is 54.7 Å². The first-order chi connectivity index (χ1) is 21.2. The lowest BCUT2D eigenvalue weighted by Gasteiger charge is -2.37. The minimum Gasteiger partial charge on any atom is -0.378 e. The third kappa shape index (κ3) is 7.29. The molecule has 6 nitrogen and oxygen atoms in total. The molecule has 0 bridgehead atoms. The molecule has 6 heteroatoms. The zero-order valence-electron chi connectivity index (χ0n) is 24.6. The van der Waals surface area contributed by atoms with Crippen LogP contribution in [0.5, 0.6) is 0 Å². The molecule has 2 heterocycles. The van der Waals surface area contributed by atoms with Gasteiger partial charge >= 0.3 is 0 Å². The largest absolute Gasteiger partial charge is 0.378 e. The Bertz CT molecular complexity index is 1550. The summed E-state index contributed by atoms with van der Waals surface area (Å²) in [6.45, 7) is 5.95. The Morgan fingerprint density at radius 1 is 0.698 bits per heavy atom. The van der Waals surface area contributed by atoms with Gasteiger partial charge in [0.2, 0.25) is 6.29 Å². The fourth-order valence-electron chi connectivity index (χ4n) is 5.34. The van der Waals surface area contributed by atoms with Gasteiger partial charge in [-0.15, -0.1) is 0 Å². The van der Waals surface area contributed by atoms with E-state index in [0.717, 1.165) is 33.9 Å². The molecule has 0 unspecified atom stereocenters. The second-order valence-electron chi connectivity index (χ2n) is 11.3. The maximum atomic E-state index is 6.42. The Balaban J connectivity index is 1.18. The van der Waals surface area contributed by atoms with E-state index in [4.69, 9.17) is 23.9 Å². The third-order valence-corrected chi connectivity index (χ3v) is 7.59. The highest BCUT2D eigenvalue weighted by Crippen LogP contribution is 2.38. The number of rotatable bonds is 12. The molecule has 1 aromatic heterocycles. The van der Waals surface area contributed by atoms with Crippen LogP contribution < -0.4 is 0 Å². The quantitative estimate of drug-likeness (QED) is 0.144. The number of benzene rings is 4. The van der Waals surface area contributed by atoms with Gasteiger partial charge in [0.05, 0.1) is 51.0 Å². The highest BCUT2D eigenvalue weighted by molar-refractivity contribution is 5.79. The predicted molar refractivity (Wildman–Crippen MR) is 168 cm³/mol. The lowest BCUT2D eigenvalue weighted by molar-refractivity contribution is -0.244. The van der Waals surface area contributed by atoms with Crippen LogP contribution in [0.2, 0.25) is 0 Å². The van der Waals surface area contributed by atoms with Crippen LogP contribution in [0.4, 0.5) is 0 Å². The molecule has 0 amide bonds. The Hall–Kier alpha value is -4.07. The van der Waals surface area contributed by atoms with Crippen molar-refractivity contribution in [2.45, 2.75) is 26.4 Å². The minimum absolute atomic E-state index is 0.267. The Morgan fingerprint density at radius 2 is 1.23 bits per heavy atom. The molecule has 0 N–H and O–H groups in total. The van der Waals surface area contributed by atoms with Gasteiger partial charge in [0, 0.05) is 23.1 Å². The highest BCUT2D eigenvalue weighted by atomic mass is 16.7. The van der Waals surface area contributed by atoms with Gasteiger partial charge in [-0.05, 0) is 11.1 Å². The molecule has 0 saturated carbocycles. The van der Waals surface area contributed by atoms with Crippen molar-refractivity contribution in [3.05, 3.63) is 138 Å². The molecule has 0 radical (unpaired) electrons. The van der Waals surface area contributed by atoms with E-state index < -0.39 is 6.29 Å². The minimum atomic E-state index is -0.592. The molecule has 0 atom stereocenters. The summed E-state index contributed by atoms with van der Waals surface area (Å²) in [6.07, 6.45) is -0.592. The first kappa shape index (κ1) is 29.0. The Kier molecular flexibility index (Phi) is 9.40. The first-order valence-electron chi connectivity index (χ1n) is 14.9. The smallest absolute Gasteiger partial charge is 0.217 e. The zero-order valence-corrected chi connectivity index (χ0v) is 24.6. The summed E-state index contributed by atoms with van der Waals surface area (Å²) in [5.74, 6) is 0.763. The molecule has 1 saturated heterocycles. The lowest BCUT2D eigenvalue weighted by Crippen LogP contribution is -2.40. The van der Waals surface area contributed by atoms with Crippen molar-refractivity contribution >= 4 is 0 Å².